The van der Waals surface area contributed by atoms with Crippen LogP contribution < -0.4 is 0 Å². The molecule has 0 atom stereocenters. The molecule has 0 spiro atoms. The maximum absolute atomic E-state index is 12.5. The zero-order chi connectivity index (χ0) is 18.1. The summed E-state index contributed by atoms with van der Waals surface area (Å²) in [5.41, 5.74) is 1.83. The third-order valence-electron chi connectivity index (χ3n) is 3.62. The summed E-state index contributed by atoms with van der Waals surface area (Å²) in [6.45, 7) is 1.34. The van der Waals surface area contributed by atoms with Crippen LogP contribution in [-0.4, -0.2) is 28.3 Å². The van der Waals surface area contributed by atoms with Gasteiger partial charge in [-0.05, 0) is 13.0 Å². The minimum absolute atomic E-state index is 0.00378. The number of Topliss-reactive ketones (excluding diaryl/α,β-unsaturated/α-hetero) is 1. The van der Waals surface area contributed by atoms with Crippen molar-refractivity contribution in [1.82, 2.24) is 9.97 Å². The van der Waals surface area contributed by atoms with Gasteiger partial charge in [-0.25, -0.2) is 9.78 Å². The Bertz CT molecular complexity index is 998. The molecule has 5 nitrogen and oxygen atoms in total. The van der Waals surface area contributed by atoms with Gasteiger partial charge in [0.25, 0.3) is 0 Å². The van der Waals surface area contributed by atoms with Crippen LogP contribution in [-0.2, 0) is 4.74 Å². The van der Waals surface area contributed by atoms with E-state index in [1.54, 1.807) is 6.92 Å². The number of nitrogens with zero attached hydrogens (tertiary/aromatic N) is 1. The van der Waals surface area contributed by atoms with Crippen molar-refractivity contribution in [3.05, 3.63) is 62.5 Å². The van der Waals surface area contributed by atoms with E-state index in [2.05, 4.69) is 9.97 Å². The summed E-state index contributed by atoms with van der Waals surface area (Å²) in [5, 5.41) is 0.777. The number of esters is 1. The fourth-order valence-electron chi connectivity index (χ4n) is 2.49. The molecule has 0 saturated carbocycles. The first-order valence-corrected chi connectivity index (χ1v) is 8.30. The van der Waals surface area contributed by atoms with Crippen LogP contribution in [0.4, 0.5) is 0 Å². The molecule has 8 heteroatoms. The second-order valence-electron chi connectivity index (χ2n) is 5.25. The highest BCUT2D eigenvalue weighted by molar-refractivity contribution is 6.48. The van der Waals surface area contributed by atoms with Gasteiger partial charge in [0.1, 0.15) is 0 Å². The normalized spacial score (nSPS) is 10.9. The van der Waals surface area contributed by atoms with Crippen LogP contribution in [0.15, 0.2) is 30.5 Å². The van der Waals surface area contributed by atoms with Crippen LogP contribution in [0.5, 0.6) is 0 Å². The second kappa shape index (κ2) is 7.04. The van der Waals surface area contributed by atoms with E-state index in [4.69, 9.17) is 39.5 Å². The lowest BCUT2D eigenvalue weighted by atomic mass is 10.1. The Hall–Kier alpha value is -2.08. The molecular formula is C17H11Cl3N2O3. The minimum Gasteiger partial charge on any atom is -0.453 e. The fraction of sp³-hybridized carbons (Fsp3) is 0.118. The van der Waals surface area contributed by atoms with Gasteiger partial charge in [-0.3, -0.25) is 4.79 Å². The number of benzene rings is 1. The maximum Gasteiger partial charge on any atom is 0.358 e. The SMILES string of the molecule is Cc1[nH]c2ccccc2c1C(=O)COC(=O)c1ncc(Cl)c(Cl)c1Cl. The van der Waals surface area contributed by atoms with Gasteiger partial charge in [0.05, 0.1) is 15.1 Å². The second-order valence-corrected chi connectivity index (χ2v) is 6.42. The van der Waals surface area contributed by atoms with E-state index >= 15 is 0 Å². The number of aromatic amines is 1. The monoisotopic (exact) mass is 396 g/mol. The number of nitrogens with one attached hydrogen (secondary N) is 1. The topological polar surface area (TPSA) is 72.1 Å². The van der Waals surface area contributed by atoms with Gasteiger partial charge in [0.2, 0.25) is 5.78 Å². The molecule has 0 saturated heterocycles. The van der Waals surface area contributed by atoms with Crippen molar-refractivity contribution in [3.8, 4) is 0 Å². The van der Waals surface area contributed by atoms with Crippen LogP contribution in [0.1, 0.15) is 26.5 Å². The van der Waals surface area contributed by atoms with Gasteiger partial charge in [-0.1, -0.05) is 53.0 Å². The molecule has 2 heterocycles. The lowest BCUT2D eigenvalue weighted by Gasteiger charge is -2.07. The third kappa shape index (κ3) is 3.35. The zero-order valence-corrected chi connectivity index (χ0v) is 15.2. The molecule has 0 bridgehead atoms. The highest BCUT2D eigenvalue weighted by atomic mass is 35.5. The minimum atomic E-state index is -0.852. The quantitative estimate of drug-likeness (QED) is 0.503. The van der Waals surface area contributed by atoms with Crippen molar-refractivity contribution in [2.45, 2.75) is 6.92 Å². The van der Waals surface area contributed by atoms with E-state index < -0.39 is 12.6 Å². The van der Waals surface area contributed by atoms with E-state index in [1.165, 1.54) is 6.20 Å². The van der Waals surface area contributed by atoms with Crippen molar-refractivity contribution >= 4 is 57.5 Å². The Morgan fingerprint density at radius 3 is 2.64 bits per heavy atom. The first-order valence-electron chi connectivity index (χ1n) is 7.17. The molecule has 1 aromatic carbocycles. The van der Waals surface area contributed by atoms with Crippen molar-refractivity contribution in [2.24, 2.45) is 0 Å². The van der Waals surface area contributed by atoms with E-state index in [0.29, 0.717) is 11.3 Å². The molecule has 0 aliphatic heterocycles. The van der Waals surface area contributed by atoms with Gasteiger partial charge in [0, 0.05) is 28.4 Å². The van der Waals surface area contributed by atoms with Crippen LogP contribution in [0, 0.1) is 6.92 Å². The molecule has 1 N–H and O–H groups in total. The highest BCUT2D eigenvalue weighted by Crippen LogP contribution is 2.31. The summed E-state index contributed by atoms with van der Waals surface area (Å²) in [7, 11) is 0. The summed E-state index contributed by atoms with van der Waals surface area (Å²) in [4.78, 5) is 31.5. The molecule has 0 aliphatic rings. The first-order chi connectivity index (χ1) is 11.9. The van der Waals surface area contributed by atoms with Crippen molar-refractivity contribution in [3.63, 3.8) is 0 Å². The Morgan fingerprint density at radius 2 is 1.88 bits per heavy atom. The predicted octanol–water partition coefficient (Wildman–Crippen LogP) is 4.87. The number of fused-ring (bicyclic) bond motifs is 1. The Kier molecular flexibility index (Phi) is 4.99. The van der Waals surface area contributed by atoms with E-state index in [1.807, 2.05) is 24.3 Å². The Balaban J connectivity index is 1.79. The first kappa shape index (κ1) is 17.7. The van der Waals surface area contributed by atoms with Crippen LogP contribution in [0.2, 0.25) is 15.1 Å². The number of carbonyl (C=O) groups is 2. The van der Waals surface area contributed by atoms with Gasteiger partial charge in [0.15, 0.2) is 12.3 Å². The van der Waals surface area contributed by atoms with Gasteiger partial charge in [-0.15, -0.1) is 0 Å². The molecule has 2 aromatic heterocycles. The third-order valence-corrected chi connectivity index (χ3v) is 4.86. The van der Waals surface area contributed by atoms with Crippen molar-refractivity contribution < 1.29 is 14.3 Å². The van der Waals surface area contributed by atoms with Gasteiger partial charge >= 0.3 is 5.97 Å². The number of halogens is 3. The van der Waals surface area contributed by atoms with Crippen molar-refractivity contribution in [2.75, 3.05) is 6.61 Å². The molecule has 25 heavy (non-hydrogen) atoms. The fourth-order valence-corrected chi connectivity index (χ4v) is 3.05. The van der Waals surface area contributed by atoms with E-state index in [0.717, 1.165) is 10.9 Å². The molecule has 0 unspecified atom stereocenters. The average molecular weight is 398 g/mol. The largest absolute Gasteiger partial charge is 0.453 e. The summed E-state index contributed by atoms with van der Waals surface area (Å²) >= 11 is 17.6. The highest BCUT2D eigenvalue weighted by Gasteiger charge is 2.21. The maximum atomic E-state index is 12.5. The standard InChI is InChI=1S/C17H11Cl3N2O3/c1-8-13(9-4-2-3-5-11(9)22-8)12(23)7-25-17(24)16-15(20)14(19)10(18)6-21-16/h2-6,22H,7H2,1H3. The van der Waals surface area contributed by atoms with Crippen LogP contribution in [0.3, 0.4) is 0 Å². The van der Waals surface area contributed by atoms with Gasteiger partial charge < -0.3 is 9.72 Å². The molecule has 0 amide bonds. The molecular weight excluding hydrogens is 387 g/mol. The zero-order valence-electron chi connectivity index (χ0n) is 12.9. The lowest BCUT2D eigenvalue weighted by Crippen LogP contribution is -2.16. The van der Waals surface area contributed by atoms with Crippen LogP contribution in [0.25, 0.3) is 10.9 Å². The number of para-hydroxylation sites is 1. The molecule has 128 valence electrons. The number of aryl methyl sites for hydroxylation is 1. The molecule has 0 fully saturated rings. The summed E-state index contributed by atoms with van der Waals surface area (Å²) in [6.07, 6.45) is 1.19. The Labute approximate surface area is 157 Å². The molecule has 0 aliphatic carbocycles. The number of ether oxygens (including phenoxy) is 1. The van der Waals surface area contributed by atoms with Gasteiger partial charge in [-0.2, -0.15) is 0 Å². The number of pyridine rings is 1. The van der Waals surface area contributed by atoms with Crippen LogP contribution >= 0.6 is 34.8 Å². The number of H-pyrrole nitrogens is 1. The number of hydrogen-bond donors (Lipinski definition) is 1. The summed E-state index contributed by atoms with van der Waals surface area (Å²) in [5.74, 6) is -1.19. The van der Waals surface area contributed by atoms with E-state index in [-0.39, 0.29) is 26.5 Å². The number of ketones is 1. The van der Waals surface area contributed by atoms with Crippen molar-refractivity contribution in [1.29, 1.82) is 0 Å². The number of aromatic nitrogens is 2. The lowest BCUT2D eigenvalue weighted by molar-refractivity contribution is 0.0469. The van der Waals surface area contributed by atoms with E-state index in [9.17, 15) is 9.59 Å². The molecule has 3 rings (SSSR count). The summed E-state index contributed by atoms with van der Waals surface area (Å²) < 4.78 is 5.04. The number of carbonyl (C=O) groups excluding carboxylic acids is 2. The Morgan fingerprint density at radius 1 is 1.16 bits per heavy atom. The average Bonchev–Trinajstić information content (AvgIpc) is 2.93. The number of hydrogen-bond acceptors (Lipinski definition) is 4. The molecule has 0 radical (unpaired) electrons. The summed E-state index contributed by atoms with van der Waals surface area (Å²) in [6, 6.07) is 7.39. The molecule has 3 aromatic rings. The smallest absolute Gasteiger partial charge is 0.358 e. The number of rotatable bonds is 4. The predicted molar refractivity (Wildman–Crippen MR) is 96.9 cm³/mol.